The van der Waals surface area contributed by atoms with Gasteiger partial charge in [-0.05, 0) is 45.7 Å². The van der Waals surface area contributed by atoms with Gasteiger partial charge in [0, 0.05) is 13.1 Å². The molecule has 3 rings (SSSR count). The molecule has 1 aromatic heterocycles. The Morgan fingerprint density at radius 3 is 2.83 bits per heavy atom. The number of para-hydroxylation sites is 1. The van der Waals surface area contributed by atoms with Crippen LogP contribution < -0.4 is 0 Å². The summed E-state index contributed by atoms with van der Waals surface area (Å²) in [5.41, 5.74) is 0.363. The maximum Gasteiger partial charge on any atom is 0.410 e. The number of carbonyl (C=O) groups excluding carboxylic acids is 1. The largest absolute Gasteiger partial charge is 0.444 e. The molecule has 0 aliphatic carbocycles. The van der Waals surface area contributed by atoms with Gasteiger partial charge in [-0.3, -0.25) is 4.21 Å². The van der Waals surface area contributed by atoms with E-state index in [1.165, 1.54) is 11.3 Å². The molecular weight excluding hydrogens is 344 g/mol. The van der Waals surface area contributed by atoms with Crippen LogP contribution in [-0.4, -0.2) is 44.1 Å². The second-order valence-electron chi connectivity index (χ2n) is 6.94. The van der Waals surface area contributed by atoms with Crippen molar-refractivity contribution >= 4 is 38.4 Å². The van der Waals surface area contributed by atoms with Gasteiger partial charge >= 0.3 is 6.09 Å². The van der Waals surface area contributed by atoms with Crippen molar-refractivity contribution < 1.29 is 13.7 Å². The molecule has 130 valence electrons. The van der Waals surface area contributed by atoms with E-state index in [9.17, 15) is 9.00 Å². The average Bonchev–Trinajstić information content (AvgIpc) is 2.96. The fourth-order valence-corrected chi connectivity index (χ4v) is 5.56. The zero-order valence-corrected chi connectivity index (χ0v) is 15.8. The first-order chi connectivity index (χ1) is 11.3. The number of thiazole rings is 1. The quantitative estimate of drug-likeness (QED) is 0.811. The van der Waals surface area contributed by atoms with Crippen molar-refractivity contribution in [3.8, 4) is 0 Å². The summed E-state index contributed by atoms with van der Waals surface area (Å²) in [6.45, 7) is 6.67. The summed E-state index contributed by atoms with van der Waals surface area (Å²) in [4.78, 5) is 18.4. The molecule has 1 saturated heterocycles. The van der Waals surface area contributed by atoms with Gasteiger partial charge in [0.15, 0.2) is 4.34 Å². The van der Waals surface area contributed by atoms with Gasteiger partial charge in [-0.1, -0.05) is 12.1 Å². The van der Waals surface area contributed by atoms with Crippen LogP contribution in [-0.2, 0) is 15.5 Å². The molecule has 0 unspecified atom stereocenters. The number of ether oxygens (including phenoxy) is 1. The summed E-state index contributed by atoms with van der Waals surface area (Å²) < 4.78 is 20.0. The molecule has 0 N–H and O–H groups in total. The molecule has 1 fully saturated rings. The van der Waals surface area contributed by atoms with E-state index in [2.05, 4.69) is 4.98 Å². The maximum absolute atomic E-state index is 12.9. The van der Waals surface area contributed by atoms with Gasteiger partial charge in [0.1, 0.15) is 5.60 Å². The summed E-state index contributed by atoms with van der Waals surface area (Å²) >= 11 is 1.47. The molecule has 1 aliphatic heterocycles. The van der Waals surface area contributed by atoms with Crippen molar-refractivity contribution in [1.29, 1.82) is 0 Å². The number of fused-ring (bicyclic) bond motifs is 1. The number of aromatic nitrogens is 1. The van der Waals surface area contributed by atoms with Crippen LogP contribution in [0.25, 0.3) is 10.2 Å². The monoisotopic (exact) mass is 366 g/mol. The first kappa shape index (κ1) is 17.4. The molecule has 2 atom stereocenters. The molecule has 1 aliphatic rings. The van der Waals surface area contributed by atoms with Gasteiger partial charge in [0.2, 0.25) is 0 Å². The lowest BCUT2D eigenvalue weighted by Gasteiger charge is -2.33. The molecule has 5 nitrogen and oxygen atoms in total. The molecule has 2 heterocycles. The SMILES string of the molecule is CC(C)(C)OC(=O)N1CCC[C@H]([S@@](=O)c2nc3ccccc3s2)C1. The second-order valence-corrected chi connectivity index (χ2v) is 9.87. The zero-order chi connectivity index (χ0) is 17.3. The lowest BCUT2D eigenvalue weighted by molar-refractivity contribution is 0.0219. The Kier molecular flexibility index (Phi) is 4.92. The average molecular weight is 367 g/mol. The minimum Gasteiger partial charge on any atom is -0.444 e. The number of hydrogen-bond acceptors (Lipinski definition) is 5. The molecule has 0 spiro atoms. The number of hydrogen-bond donors (Lipinski definition) is 0. The number of rotatable bonds is 2. The molecule has 7 heteroatoms. The number of piperidine rings is 1. The van der Waals surface area contributed by atoms with Crippen LogP contribution in [0.5, 0.6) is 0 Å². The van der Waals surface area contributed by atoms with Gasteiger partial charge in [-0.15, -0.1) is 11.3 Å². The molecule has 0 bridgehead atoms. The molecule has 1 aromatic carbocycles. The Hall–Kier alpha value is -1.47. The van der Waals surface area contributed by atoms with Gasteiger partial charge in [-0.2, -0.15) is 0 Å². The van der Waals surface area contributed by atoms with E-state index in [0.717, 1.165) is 23.1 Å². The van der Waals surface area contributed by atoms with Crippen LogP contribution in [0.3, 0.4) is 0 Å². The Balaban J connectivity index is 1.72. The minimum absolute atomic E-state index is 0.0909. The molecular formula is C17H22N2O3S2. The Morgan fingerprint density at radius 2 is 2.12 bits per heavy atom. The standard InChI is InChI=1S/C17H22N2O3S2/c1-17(2,3)22-16(20)19-10-6-7-12(11-19)24(21)15-18-13-8-4-5-9-14(13)23-15/h4-5,8-9,12H,6-7,10-11H2,1-3H3/t12-,24+/m0/s1. The fraction of sp³-hybridized carbons (Fsp3) is 0.529. The third kappa shape index (κ3) is 3.95. The van der Waals surface area contributed by atoms with Gasteiger partial charge < -0.3 is 9.64 Å². The van der Waals surface area contributed by atoms with Crippen LogP contribution in [0.15, 0.2) is 28.6 Å². The third-order valence-corrected chi connectivity index (χ3v) is 6.78. The summed E-state index contributed by atoms with van der Waals surface area (Å²) in [5, 5.41) is -0.0909. The van der Waals surface area contributed by atoms with E-state index in [0.29, 0.717) is 17.4 Å². The molecule has 24 heavy (non-hydrogen) atoms. The van der Waals surface area contributed by atoms with Crippen molar-refractivity contribution in [1.82, 2.24) is 9.88 Å². The number of nitrogens with zero attached hydrogens (tertiary/aromatic N) is 2. The first-order valence-corrected chi connectivity index (χ1v) is 10.1. The smallest absolute Gasteiger partial charge is 0.410 e. The van der Waals surface area contributed by atoms with E-state index < -0.39 is 16.4 Å². The number of amides is 1. The minimum atomic E-state index is -1.20. The number of carbonyl (C=O) groups is 1. The van der Waals surface area contributed by atoms with E-state index in [4.69, 9.17) is 4.74 Å². The molecule has 0 saturated carbocycles. The van der Waals surface area contributed by atoms with E-state index in [1.807, 2.05) is 45.0 Å². The van der Waals surface area contributed by atoms with Crippen molar-refractivity contribution in [3.05, 3.63) is 24.3 Å². The third-order valence-electron chi connectivity index (χ3n) is 3.78. The Bertz CT molecular complexity index is 734. The Labute approximate surface area is 148 Å². The summed E-state index contributed by atoms with van der Waals surface area (Å²) in [7, 11) is -1.20. The lowest BCUT2D eigenvalue weighted by atomic mass is 10.1. The van der Waals surface area contributed by atoms with Crippen LogP contribution in [0.2, 0.25) is 0 Å². The predicted octanol–water partition coefficient (Wildman–Crippen LogP) is 3.80. The summed E-state index contributed by atoms with van der Waals surface area (Å²) in [5.74, 6) is 0. The van der Waals surface area contributed by atoms with E-state index in [-0.39, 0.29) is 11.3 Å². The normalized spacial score (nSPS) is 20.1. The number of benzene rings is 1. The Morgan fingerprint density at radius 1 is 1.38 bits per heavy atom. The van der Waals surface area contributed by atoms with E-state index >= 15 is 0 Å². The van der Waals surface area contributed by atoms with Crippen molar-refractivity contribution in [2.75, 3.05) is 13.1 Å². The zero-order valence-electron chi connectivity index (χ0n) is 14.2. The van der Waals surface area contributed by atoms with Crippen molar-refractivity contribution in [2.45, 2.75) is 48.8 Å². The van der Waals surface area contributed by atoms with Crippen LogP contribution in [0.1, 0.15) is 33.6 Å². The topological polar surface area (TPSA) is 59.5 Å². The lowest BCUT2D eigenvalue weighted by Crippen LogP contribution is -2.45. The highest BCUT2D eigenvalue weighted by molar-refractivity contribution is 7.88. The van der Waals surface area contributed by atoms with Crippen LogP contribution in [0.4, 0.5) is 4.79 Å². The summed E-state index contributed by atoms with van der Waals surface area (Å²) in [6, 6.07) is 7.81. The van der Waals surface area contributed by atoms with Crippen molar-refractivity contribution in [2.24, 2.45) is 0 Å². The first-order valence-electron chi connectivity index (χ1n) is 8.07. The van der Waals surface area contributed by atoms with Gasteiger partial charge in [0.05, 0.1) is 26.3 Å². The summed E-state index contributed by atoms with van der Waals surface area (Å²) in [6.07, 6.45) is 1.34. The molecule has 2 aromatic rings. The highest BCUT2D eigenvalue weighted by Gasteiger charge is 2.31. The molecule has 1 amide bonds. The fourth-order valence-electron chi connectivity index (χ4n) is 2.68. The highest BCUT2D eigenvalue weighted by Crippen LogP contribution is 2.28. The van der Waals surface area contributed by atoms with Gasteiger partial charge in [0.25, 0.3) is 0 Å². The predicted molar refractivity (Wildman–Crippen MR) is 96.9 cm³/mol. The second kappa shape index (κ2) is 6.80. The number of likely N-dealkylation sites (tertiary alicyclic amines) is 1. The van der Waals surface area contributed by atoms with Crippen LogP contribution in [0, 0.1) is 0 Å². The van der Waals surface area contributed by atoms with Crippen molar-refractivity contribution in [3.63, 3.8) is 0 Å². The van der Waals surface area contributed by atoms with Crippen LogP contribution >= 0.6 is 11.3 Å². The highest BCUT2D eigenvalue weighted by atomic mass is 32.2. The van der Waals surface area contributed by atoms with Gasteiger partial charge in [-0.25, -0.2) is 9.78 Å². The van der Waals surface area contributed by atoms with E-state index in [1.54, 1.807) is 4.90 Å². The molecule has 0 radical (unpaired) electrons. The maximum atomic E-state index is 12.9.